The third-order valence-corrected chi connectivity index (χ3v) is 8.96. The van der Waals surface area contributed by atoms with Gasteiger partial charge in [-0.1, -0.05) is 74.2 Å². The first-order chi connectivity index (χ1) is 14.7. The van der Waals surface area contributed by atoms with Gasteiger partial charge in [0.25, 0.3) is 0 Å². The van der Waals surface area contributed by atoms with Gasteiger partial charge in [-0.15, -0.1) is 0 Å². The number of benzene rings is 2. The second-order valence-electron chi connectivity index (χ2n) is 10.1. The van der Waals surface area contributed by atoms with Crippen LogP contribution in [0, 0.1) is 11.8 Å². The highest BCUT2D eigenvalue weighted by atomic mass is 15.0. The molecule has 0 spiro atoms. The molecule has 2 heteroatoms. The topological polar surface area (TPSA) is 24.1 Å². The number of hydrogen-bond acceptors (Lipinski definition) is 2. The molecule has 0 heterocycles. The highest BCUT2D eigenvalue weighted by Crippen LogP contribution is 2.50. The van der Waals surface area contributed by atoms with E-state index in [1.54, 1.807) is 22.3 Å². The summed E-state index contributed by atoms with van der Waals surface area (Å²) in [5.74, 6) is 1.68. The zero-order valence-corrected chi connectivity index (χ0v) is 18.8. The molecule has 4 atom stereocenters. The second kappa shape index (κ2) is 8.13. The van der Waals surface area contributed by atoms with E-state index in [9.17, 15) is 0 Å². The lowest BCUT2D eigenvalue weighted by Crippen LogP contribution is -2.45. The first-order valence-corrected chi connectivity index (χ1v) is 12.3. The molecule has 30 heavy (non-hydrogen) atoms. The molecule has 6 rings (SSSR count). The molecular formula is C28H38N2. The van der Waals surface area contributed by atoms with Crippen LogP contribution in [-0.4, -0.2) is 14.1 Å². The fourth-order valence-electron chi connectivity index (χ4n) is 7.48. The third kappa shape index (κ3) is 3.07. The Morgan fingerprint density at radius 2 is 1.07 bits per heavy atom. The number of rotatable bonds is 2. The zero-order chi connectivity index (χ0) is 20.6. The van der Waals surface area contributed by atoms with Crippen LogP contribution in [0.1, 0.15) is 73.6 Å². The fraction of sp³-hybridized carbons (Fsp3) is 0.571. The van der Waals surface area contributed by atoms with E-state index in [0.717, 1.165) is 11.8 Å². The van der Waals surface area contributed by atoms with Crippen molar-refractivity contribution in [3.63, 3.8) is 0 Å². The van der Waals surface area contributed by atoms with Crippen molar-refractivity contribution < 1.29 is 0 Å². The second-order valence-corrected chi connectivity index (χ2v) is 10.1. The third-order valence-electron chi connectivity index (χ3n) is 8.96. The summed E-state index contributed by atoms with van der Waals surface area (Å²) in [5, 5.41) is 7.27. The summed E-state index contributed by atoms with van der Waals surface area (Å²) < 4.78 is 0. The van der Waals surface area contributed by atoms with Gasteiger partial charge in [-0.3, -0.25) is 0 Å². The van der Waals surface area contributed by atoms with Crippen LogP contribution in [0.2, 0.25) is 0 Å². The summed E-state index contributed by atoms with van der Waals surface area (Å²) in [6, 6.07) is 18.0. The van der Waals surface area contributed by atoms with Gasteiger partial charge in [-0.2, -0.15) is 0 Å². The molecule has 0 aromatic heterocycles. The normalized spacial score (nSPS) is 33.5. The SMILES string of the molecule is CN[C@@]12CCCC[C@@H]1Cc1ccccc12.CN[C@]12CCCC[C@H]1Cc1ccccc12. The largest absolute Gasteiger partial charge is 0.310 e. The number of hydrogen-bond donors (Lipinski definition) is 2. The van der Waals surface area contributed by atoms with Crippen LogP contribution in [-0.2, 0) is 23.9 Å². The van der Waals surface area contributed by atoms with Gasteiger partial charge in [0, 0.05) is 11.1 Å². The molecule has 0 radical (unpaired) electrons. The summed E-state index contributed by atoms with van der Waals surface area (Å²) >= 11 is 0. The van der Waals surface area contributed by atoms with Crippen molar-refractivity contribution in [3.8, 4) is 0 Å². The molecule has 2 fully saturated rings. The van der Waals surface area contributed by atoms with Crippen LogP contribution in [0.4, 0.5) is 0 Å². The molecule has 2 aromatic rings. The Kier molecular flexibility index (Phi) is 5.49. The van der Waals surface area contributed by atoms with Gasteiger partial charge in [-0.05, 0) is 86.7 Å². The lowest BCUT2D eigenvalue weighted by atomic mass is 9.73. The van der Waals surface area contributed by atoms with E-state index in [4.69, 9.17) is 0 Å². The van der Waals surface area contributed by atoms with Crippen molar-refractivity contribution in [1.29, 1.82) is 0 Å². The Bertz CT molecular complexity index is 816. The molecule has 0 saturated heterocycles. The minimum Gasteiger partial charge on any atom is -0.310 e. The van der Waals surface area contributed by atoms with Crippen molar-refractivity contribution in [2.75, 3.05) is 14.1 Å². The first-order valence-electron chi connectivity index (χ1n) is 12.3. The summed E-state index contributed by atoms with van der Waals surface area (Å²) in [6.07, 6.45) is 13.6. The smallest absolute Gasteiger partial charge is 0.0466 e. The van der Waals surface area contributed by atoms with E-state index in [-0.39, 0.29) is 0 Å². The molecule has 0 amide bonds. The lowest BCUT2D eigenvalue weighted by molar-refractivity contribution is 0.171. The van der Waals surface area contributed by atoms with E-state index in [1.807, 2.05) is 0 Å². The van der Waals surface area contributed by atoms with Gasteiger partial charge in [0.2, 0.25) is 0 Å². The minimum atomic E-state index is 0.314. The first kappa shape index (κ1) is 20.3. The molecule has 0 unspecified atom stereocenters. The zero-order valence-electron chi connectivity index (χ0n) is 18.8. The standard InChI is InChI=1S/2C14H19N/c2*1-15-14-9-5-4-7-12(14)10-11-6-2-3-8-13(11)14/h2*2-3,6,8,12,15H,4-5,7,9-10H2,1H3/t2*12-,14+/m10/s1. The van der Waals surface area contributed by atoms with E-state index >= 15 is 0 Å². The highest BCUT2D eigenvalue weighted by Gasteiger charge is 2.47. The van der Waals surface area contributed by atoms with Gasteiger partial charge < -0.3 is 10.6 Å². The van der Waals surface area contributed by atoms with Crippen LogP contribution in [0.25, 0.3) is 0 Å². The summed E-state index contributed by atoms with van der Waals surface area (Å²) in [6.45, 7) is 0. The van der Waals surface area contributed by atoms with Gasteiger partial charge in [-0.25, -0.2) is 0 Å². The summed E-state index contributed by atoms with van der Waals surface area (Å²) in [7, 11) is 4.28. The van der Waals surface area contributed by atoms with Crippen LogP contribution in [0.5, 0.6) is 0 Å². The fourth-order valence-corrected chi connectivity index (χ4v) is 7.48. The van der Waals surface area contributed by atoms with E-state index in [0.29, 0.717) is 11.1 Å². The number of nitrogens with one attached hydrogen (secondary N) is 2. The van der Waals surface area contributed by atoms with Crippen molar-refractivity contribution in [2.45, 2.75) is 75.3 Å². The van der Waals surface area contributed by atoms with Gasteiger partial charge >= 0.3 is 0 Å². The van der Waals surface area contributed by atoms with E-state index in [1.165, 1.54) is 64.2 Å². The minimum absolute atomic E-state index is 0.314. The molecule has 0 aliphatic heterocycles. The average molecular weight is 403 g/mol. The maximum atomic E-state index is 3.64. The molecule has 4 aliphatic rings. The predicted molar refractivity (Wildman–Crippen MR) is 126 cm³/mol. The van der Waals surface area contributed by atoms with Crippen LogP contribution in [0.3, 0.4) is 0 Å². The predicted octanol–water partition coefficient (Wildman–Crippen LogP) is 5.70. The summed E-state index contributed by atoms with van der Waals surface area (Å²) in [5.41, 5.74) is 6.95. The molecule has 2 saturated carbocycles. The van der Waals surface area contributed by atoms with Crippen molar-refractivity contribution in [1.82, 2.24) is 10.6 Å². The Hall–Kier alpha value is -1.64. The highest BCUT2D eigenvalue weighted by molar-refractivity contribution is 5.41. The maximum absolute atomic E-state index is 3.64. The lowest BCUT2D eigenvalue weighted by Gasteiger charge is -2.40. The van der Waals surface area contributed by atoms with Crippen LogP contribution < -0.4 is 10.6 Å². The van der Waals surface area contributed by atoms with Gasteiger partial charge in [0.05, 0.1) is 0 Å². The molecule has 4 aliphatic carbocycles. The van der Waals surface area contributed by atoms with Crippen molar-refractivity contribution >= 4 is 0 Å². The van der Waals surface area contributed by atoms with E-state index in [2.05, 4.69) is 73.3 Å². The molecular weight excluding hydrogens is 364 g/mol. The molecule has 2 aromatic carbocycles. The average Bonchev–Trinajstić information content (AvgIpc) is 3.33. The summed E-state index contributed by atoms with van der Waals surface area (Å²) in [4.78, 5) is 0. The monoisotopic (exact) mass is 402 g/mol. The Morgan fingerprint density at radius 3 is 1.50 bits per heavy atom. The molecule has 2 N–H and O–H groups in total. The Labute approximate surface area is 182 Å². The van der Waals surface area contributed by atoms with Crippen LogP contribution >= 0.6 is 0 Å². The van der Waals surface area contributed by atoms with Crippen molar-refractivity contribution in [3.05, 3.63) is 70.8 Å². The Morgan fingerprint density at radius 1 is 0.633 bits per heavy atom. The van der Waals surface area contributed by atoms with Gasteiger partial charge in [0.15, 0.2) is 0 Å². The maximum Gasteiger partial charge on any atom is 0.0466 e. The molecule has 0 bridgehead atoms. The Balaban J connectivity index is 0.000000128. The quantitative estimate of drug-likeness (QED) is 0.674. The van der Waals surface area contributed by atoms with Gasteiger partial charge in [0.1, 0.15) is 0 Å². The number of fused-ring (bicyclic) bond motifs is 6. The van der Waals surface area contributed by atoms with Crippen LogP contribution in [0.15, 0.2) is 48.5 Å². The van der Waals surface area contributed by atoms with Crippen molar-refractivity contribution in [2.24, 2.45) is 11.8 Å². The molecule has 2 nitrogen and oxygen atoms in total. The molecule has 160 valence electrons. The van der Waals surface area contributed by atoms with E-state index < -0.39 is 0 Å².